The van der Waals surface area contributed by atoms with E-state index in [1.165, 1.54) is 36.4 Å². The van der Waals surface area contributed by atoms with Gasteiger partial charge < -0.3 is 10.1 Å². The van der Waals surface area contributed by atoms with Gasteiger partial charge >= 0.3 is 5.97 Å². The number of aromatic nitrogens is 2. The maximum absolute atomic E-state index is 13.3. The van der Waals surface area contributed by atoms with Crippen LogP contribution in [0.25, 0.3) is 5.69 Å². The second kappa shape index (κ2) is 10.1. The highest BCUT2D eigenvalue weighted by Gasteiger charge is 2.27. The lowest BCUT2D eigenvalue weighted by Gasteiger charge is -2.14. The van der Waals surface area contributed by atoms with Gasteiger partial charge in [-0.1, -0.05) is 11.8 Å². The number of carbonyl (C=O) groups excluding carboxylic acids is 2. The topological polar surface area (TPSA) is 73.2 Å². The first-order chi connectivity index (χ1) is 15.9. The van der Waals surface area contributed by atoms with E-state index in [0.29, 0.717) is 34.5 Å². The maximum Gasteiger partial charge on any atom is 0.359 e. The molecule has 0 atom stereocenters. The average molecular weight is 475 g/mol. The van der Waals surface area contributed by atoms with E-state index in [2.05, 4.69) is 10.4 Å². The Hall–Kier alpha value is -3.27. The van der Waals surface area contributed by atoms with Crippen molar-refractivity contribution >= 4 is 29.3 Å². The molecule has 1 N–H and O–H groups in total. The second-order valence-electron chi connectivity index (χ2n) is 7.40. The predicted molar refractivity (Wildman–Crippen MR) is 117 cm³/mol. The number of esters is 1. The largest absolute Gasteiger partial charge is 0.451 e. The van der Waals surface area contributed by atoms with Crippen molar-refractivity contribution in [2.45, 2.75) is 36.3 Å². The number of fused-ring (bicyclic) bond motifs is 1. The van der Waals surface area contributed by atoms with E-state index in [-0.39, 0.29) is 11.5 Å². The third-order valence-electron chi connectivity index (χ3n) is 5.14. The van der Waals surface area contributed by atoms with Gasteiger partial charge in [0.1, 0.15) is 5.82 Å². The van der Waals surface area contributed by atoms with Gasteiger partial charge in [0.15, 0.2) is 12.3 Å². The standard InChI is InChI=1S/C23H20F3N3O3S/c24-14-5-9-16(10-6-14)29-19-4-2-1-3-18(19)21(28-29)22(31)32-13-20(30)27-15-7-11-17(12-8-15)33-23(25)26/h5-12,23H,1-4,13H2,(H,27,30). The second-order valence-corrected chi connectivity index (χ2v) is 8.46. The number of nitrogens with zero attached hydrogens (tertiary/aromatic N) is 2. The highest BCUT2D eigenvalue weighted by atomic mass is 32.2. The quantitative estimate of drug-likeness (QED) is 0.385. The molecule has 0 fully saturated rings. The predicted octanol–water partition coefficient (Wildman–Crippen LogP) is 5.00. The van der Waals surface area contributed by atoms with Crippen LogP contribution in [0.2, 0.25) is 0 Å². The SMILES string of the molecule is O=C(COC(=O)c1nn(-c2ccc(F)cc2)c2c1CCCC2)Nc1ccc(SC(F)F)cc1. The first-order valence-corrected chi connectivity index (χ1v) is 11.2. The van der Waals surface area contributed by atoms with Gasteiger partial charge in [-0.15, -0.1) is 0 Å². The van der Waals surface area contributed by atoms with Crippen molar-refractivity contribution in [3.8, 4) is 5.69 Å². The molecule has 6 nitrogen and oxygen atoms in total. The minimum absolute atomic E-state index is 0.148. The zero-order valence-electron chi connectivity index (χ0n) is 17.4. The van der Waals surface area contributed by atoms with E-state index in [9.17, 15) is 22.8 Å². The fourth-order valence-electron chi connectivity index (χ4n) is 3.68. The van der Waals surface area contributed by atoms with Crippen molar-refractivity contribution in [2.24, 2.45) is 0 Å². The molecule has 1 aromatic heterocycles. The van der Waals surface area contributed by atoms with Crippen LogP contribution in [0.3, 0.4) is 0 Å². The molecule has 0 spiro atoms. The fraction of sp³-hybridized carbons (Fsp3) is 0.261. The van der Waals surface area contributed by atoms with Crippen LogP contribution in [-0.4, -0.2) is 34.0 Å². The molecule has 0 saturated heterocycles. The minimum atomic E-state index is -2.53. The third kappa shape index (κ3) is 5.57. The third-order valence-corrected chi connectivity index (χ3v) is 5.86. The van der Waals surface area contributed by atoms with E-state index < -0.39 is 24.2 Å². The van der Waals surface area contributed by atoms with Gasteiger partial charge in [0, 0.05) is 21.8 Å². The van der Waals surface area contributed by atoms with Crippen LogP contribution < -0.4 is 5.32 Å². The lowest BCUT2D eigenvalue weighted by atomic mass is 9.95. The number of ether oxygens (including phenoxy) is 1. The van der Waals surface area contributed by atoms with Crippen molar-refractivity contribution < 1.29 is 27.5 Å². The Bertz CT molecular complexity index is 1150. The monoisotopic (exact) mass is 475 g/mol. The summed E-state index contributed by atoms with van der Waals surface area (Å²) in [5.41, 5.74) is 2.84. The molecule has 1 heterocycles. The van der Waals surface area contributed by atoms with Crippen molar-refractivity contribution in [1.82, 2.24) is 9.78 Å². The van der Waals surface area contributed by atoms with Gasteiger partial charge in [-0.25, -0.2) is 13.9 Å². The van der Waals surface area contributed by atoms with Gasteiger partial charge in [-0.2, -0.15) is 13.9 Å². The van der Waals surface area contributed by atoms with Crippen molar-refractivity contribution in [3.05, 3.63) is 71.3 Å². The van der Waals surface area contributed by atoms with E-state index in [1.54, 1.807) is 16.8 Å². The minimum Gasteiger partial charge on any atom is -0.451 e. The molecule has 10 heteroatoms. The normalized spacial score (nSPS) is 13.0. The number of hydrogen-bond donors (Lipinski definition) is 1. The van der Waals surface area contributed by atoms with Gasteiger partial charge in [-0.05, 0) is 74.2 Å². The smallest absolute Gasteiger partial charge is 0.359 e. The van der Waals surface area contributed by atoms with Gasteiger partial charge in [0.25, 0.3) is 11.7 Å². The van der Waals surface area contributed by atoms with Crippen LogP contribution in [0.1, 0.15) is 34.6 Å². The molecule has 3 aromatic rings. The maximum atomic E-state index is 13.3. The molecule has 2 aromatic carbocycles. The fourth-order valence-corrected chi connectivity index (χ4v) is 4.17. The molecule has 1 amide bonds. The Balaban J connectivity index is 1.42. The number of amides is 1. The molecule has 0 bridgehead atoms. The average Bonchev–Trinajstić information content (AvgIpc) is 3.19. The number of rotatable bonds is 7. The molecule has 4 rings (SSSR count). The molecule has 0 aliphatic heterocycles. The number of thioether (sulfide) groups is 1. The number of alkyl halides is 2. The lowest BCUT2D eigenvalue weighted by Crippen LogP contribution is -2.21. The molecule has 172 valence electrons. The van der Waals surface area contributed by atoms with Crippen LogP contribution in [0.15, 0.2) is 53.4 Å². The van der Waals surface area contributed by atoms with Crippen molar-refractivity contribution in [1.29, 1.82) is 0 Å². The summed E-state index contributed by atoms with van der Waals surface area (Å²) in [5.74, 6) is -4.17. The number of nitrogens with one attached hydrogen (secondary N) is 1. The molecule has 33 heavy (non-hydrogen) atoms. The first kappa shape index (κ1) is 22.9. The summed E-state index contributed by atoms with van der Waals surface area (Å²) in [6, 6.07) is 11.7. The number of hydrogen-bond acceptors (Lipinski definition) is 5. The number of carbonyl (C=O) groups is 2. The molecular weight excluding hydrogens is 455 g/mol. The molecule has 0 radical (unpaired) electrons. The molecule has 0 unspecified atom stereocenters. The Morgan fingerprint density at radius 2 is 1.76 bits per heavy atom. The van der Waals surface area contributed by atoms with Gasteiger partial charge in [0.05, 0.1) is 5.69 Å². The molecule has 1 aliphatic carbocycles. The first-order valence-electron chi connectivity index (χ1n) is 10.3. The zero-order chi connectivity index (χ0) is 23.4. The van der Waals surface area contributed by atoms with Crippen LogP contribution in [-0.2, 0) is 22.4 Å². The van der Waals surface area contributed by atoms with Gasteiger partial charge in [0.2, 0.25) is 0 Å². The summed E-state index contributed by atoms with van der Waals surface area (Å²) in [6.45, 7) is -0.523. The van der Waals surface area contributed by atoms with Crippen LogP contribution in [0.4, 0.5) is 18.9 Å². The summed E-state index contributed by atoms with van der Waals surface area (Å²) in [5, 5.41) is 6.97. The van der Waals surface area contributed by atoms with E-state index >= 15 is 0 Å². The summed E-state index contributed by atoms with van der Waals surface area (Å²) in [7, 11) is 0. The van der Waals surface area contributed by atoms with E-state index in [4.69, 9.17) is 4.74 Å². The van der Waals surface area contributed by atoms with Crippen LogP contribution >= 0.6 is 11.8 Å². The number of halogens is 3. The molecular formula is C23H20F3N3O3S. The molecule has 1 aliphatic rings. The van der Waals surface area contributed by atoms with Gasteiger partial charge in [-0.3, -0.25) is 4.79 Å². The van der Waals surface area contributed by atoms with Crippen LogP contribution in [0.5, 0.6) is 0 Å². The summed E-state index contributed by atoms with van der Waals surface area (Å²) < 4.78 is 44.9. The summed E-state index contributed by atoms with van der Waals surface area (Å²) in [4.78, 5) is 25.3. The van der Waals surface area contributed by atoms with Crippen molar-refractivity contribution in [2.75, 3.05) is 11.9 Å². The zero-order valence-corrected chi connectivity index (χ0v) is 18.2. The highest BCUT2D eigenvalue weighted by molar-refractivity contribution is 7.99. The van der Waals surface area contributed by atoms with Crippen LogP contribution in [0, 0.1) is 5.82 Å². The Kier molecular flexibility index (Phi) is 7.02. The number of benzene rings is 2. The molecule has 0 saturated carbocycles. The van der Waals surface area contributed by atoms with Crippen molar-refractivity contribution in [3.63, 3.8) is 0 Å². The van der Waals surface area contributed by atoms with E-state index in [0.717, 1.165) is 30.5 Å². The summed E-state index contributed by atoms with van der Waals surface area (Å²) >= 11 is 0.407. The Morgan fingerprint density at radius 1 is 1.06 bits per heavy atom. The lowest BCUT2D eigenvalue weighted by molar-refractivity contribution is -0.119. The Labute approximate surface area is 192 Å². The highest BCUT2D eigenvalue weighted by Crippen LogP contribution is 2.28. The van der Waals surface area contributed by atoms with E-state index in [1.807, 2.05) is 0 Å². The Morgan fingerprint density at radius 3 is 2.45 bits per heavy atom. The number of anilines is 1. The summed E-state index contributed by atoms with van der Waals surface area (Å²) in [6.07, 6.45) is 3.25.